The minimum absolute atomic E-state index is 0.198. The maximum atomic E-state index is 11.3. The molecule has 1 heterocycles. The van der Waals surface area contributed by atoms with Gasteiger partial charge in [-0.3, -0.25) is 9.59 Å². The van der Waals surface area contributed by atoms with Crippen LogP contribution >= 0.6 is 34.8 Å². The Morgan fingerprint density at radius 3 is 2.06 bits per heavy atom. The van der Waals surface area contributed by atoms with Crippen LogP contribution in [0.1, 0.15) is 0 Å². The maximum absolute atomic E-state index is 11.3. The Morgan fingerprint density at radius 2 is 1.41 bits per heavy atom. The van der Waals surface area contributed by atoms with E-state index >= 15 is 0 Å². The molecule has 0 saturated carbocycles. The lowest BCUT2D eigenvalue weighted by molar-refractivity contribution is 1.32. The summed E-state index contributed by atoms with van der Waals surface area (Å²) in [5, 5.41) is 6.27. The van der Waals surface area contributed by atoms with Crippen LogP contribution in [0.15, 0.2) is 15.7 Å². The molecule has 0 bridgehead atoms. The van der Waals surface area contributed by atoms with E-state index in [0.29, 0.717) is 11.4 Å². The lowest BCUT2D eigenvalue weighted by atomic mass is 10.1. The minimum atomic E-state index is -0.569. The van der Waals surface area contributed by atoms with Crippen molar-refractivity contribution < 1.29 is 0 Å². The first-order valence-corrected chi connectivity index (χ1v) is 5.69. The molecule has 0 aliphatic carbocycles. The normalized spacial score (nSPS) is 12.6. The predicted molar refractivity (Wildman–Crippen MR) is 69.4 cm³/mol. The molecule has 0 spiro atoms. The molecule has 0 fully saturated rings. The molecular weight excluding hydrogens is 286 g/mol. The van der Waals surface area contributed by atoms with Crippen molar-refractivity contribution in [2.45, 2.75) is 0 Å². The van der Waals surface area contributed by atoms with Crippen molar-refractivity contribution in [2.75, 3.05) is 10.6 Å². The zero-order valence-electron chi connectivity index (χ0n) is 8.03. The fourth-order valence-electron chi connectivity index (χ4n) is 1.71. The fraction of sp³-hybridized carbons (Fsp3) is 0. The Kier molecular flexibility index (Phi) is 2.17. The third kappa shape index (κ3) is 1.32. The topological polar surface area (TPSA) is 58.2 Å². The Balaban J connectivity index is 2.23. The number of benzene rings is 1. The quantitative estimate of drug-likeness (QED) is 0.493. The molecule has 0 atom stereocenters. The molecule has 0 unspecified atom stereocenters. The smallest absolute Gasteiger partial charge is 0.253 e. The first-order chi connectivity index (χ1) is 8.00. The van der Waals surface area contributed by atoms with Crippen LogP contribution in [0.25, 0.3) is 0 Å². The van der Waals surface area contributed by atoms with Gasteiger partial charge in [0.25, 0.3) is 10.9 Å². The highest BCUT2D eigenvalue weighted by Crippen LogP contribution is 2.46. The van der Waals surface area contributed by atoms with Crippen molar-refractivity contribution in [2.24, 2.45) is 0 Å². The average molecular weight is 290 g/mol. The molecule has 3 rings (SSSR count). The Bertz CT molecular complexity index is 732. The summed E-state index contributed by atoms with van der Waals surface area (Å²) in [4.78, 5) is 22.5. The van der Waals surface area contributed by atoms with E-state index in [1.807, 2.05) is 0 Å². The summed E-state index contributed by atoms with van der Waals surface area (Å²) in [6.45, 7) is 0. The monoisotopic (exact) mass is 288 g/mol. The Hall–Kier alpha value is -1.23. The van der Waals surface area contributed by atoms with Crippen LogP contribution in [0.2, 0.25) is 15.1 Å². The van der Waals surface area contributed by atoms with Crippen molar-refractivity contribution in [3.05, 3.63) is 41.6 Å². The van der Waals surface area contributed by atoms with Gasteiger partial charge in [0.05, 0.1) is 26.4 Å². The third-order valence-electron chi connectivity index (χ3n) is 2.58. The highest BCUT2D eigenvalue weighted by Gasteiger charge is 2.29. The van der Waals surface area contributed by atoms with E-state index in [1.54, 1.807) is 0 Å². The summed E-state index contributed by atoms with van der Waals surface area (Å²) < 4.78 is 0. The molecule has 0 aromatic heterocycles. The first-order valence-electron chi connectivity index (χ1n) is 4.55. The number of fused-ring (bicyclic) bond motifs is 2. The van der Waals surface area contributed by atoms with Crippen molar-refractivity contribution in [3.63, 3.8) is 0 Å². The van der Waals surface area contributed by atoms with E-state index < -0.39 is 10.9 Å². The molecule has 0 saturated heterocycles. The number of anilines is 4. The van der Waals surface area contributed by atoms with E-state index in [4.69, 9.17) is 34.8 Å². The summed E-state index contributed by atoms with van der Waals surface area (Å²) in [6.07, 6.45) is 0. The summed E-state index contributed by atoms with van der Waals surface area (Å²) in [5.41, 5.74) is 0.282. The SMILES string of the molecule is O=c1c2c(c1=O)Nc1c(cc(Cl)c(Cl)c1Cl)N2. The van der Waals surface area contributed by atoms with Crippen LogP contribution in [0.3, 0.4) is 0 Å². The minimum Gasteiger partial charge on any atom is -0.349 e. The second-order valence-electron chi connectivity index (χ2n) is 3.57. The summed E-state index contributed by atoms with van der Waals surface area (Å²) >= 11 is 17.7. The highest BCUT2D eigenvalue weighted by atomic mass is 35.5. The van der Waals surface area contributed by atoms with E-state index in [9.17, 15) is 9.59 Å². The zero-order chi connectivity index (χ0) is 12.3. The second kappa shape index (κ2) is 3.38. The molecule has 4 nitrogen and oxygen atoms in total. The molecule has 2 aromatic rings. The molecule has 2 N–H and O–H groups in total. The fourth-order valence-corrected chi connectivity index (χ4v) is 2.36. The maximum Gasteiger partial charge on any atom is 0.253 e. The Labute approximate surface area is 110 Å². The van der Waals surface area contributed by atoms with Gasteiger partial charge in [-0.2, -0.15) is 0 Å². The number of hydrogen-bond donors (Lipinski definition) is 2. The molecule has 1 aliphatic rings. The second-order valence-corrected chi connectivity index (χ2v) is 4.73. The van der Waals surface area contributed by atoms with Gasteiger partial charge in [0, 0.05) is 0 Å². The van der Waals surface area contributed by atoms with E-state index in [-0.39, 0.29) is 26.4 Å². The molecule has 86 valence electrons. The molecule has 0 radical (unpaired) electrons. The third-order valence-corrected chi connectivity index (χ3v) is 3.84. The van der Waals surface area contributed by atoms with Gasteiger partial charge >= 0.3 is 0 Å². The molecule has 17 heavy (non-hydrogen) atoms. The average Bonchev–Trinajstić information content (AvgIpc) is 2.34. The summed E-state index contributed by atoms with van der Waals surface area (Å²) in [6, 6.07) is 1.54. The van der Waals surface area contributed by atoms with Crippen molar-refractivity contribution in [3.8, 4) is 0 Å². The van der Waals surface area contributed by atoms with Crippen LogP contribution in [-0.2, 0) is 0 Å². The van der Waals surface area contributed by atoms with Gasteiger partial charge in [0.2, 0.25) is 0 Å². The standard InChI is InChI=1S/C10H3Cl3N2O2/c11-2-1-3-6(5(13)4(2)12)15-8-7(14-3)9(16)10(8)17/h1,14-15H. The lowest BCUT2D eigenvalue weighted by Crippen LogP contribution is -2.37. The molecule has 7 heteroatoms. The van der Waals surface area contributed by atoms with Gasteiger partial charge in [-0.05, 0) is 6.07 Å². The number of hydrogen-bond acceptors (Lipinski definition) is 4. The first kappa shape index (κ1) is 10.9. The number of nitrogens with one attached hydrogen (secondary N) is 2. The molecule has 1 aliphatic heterocycles. The van der Waals surface area contributed by atoms with Crippen molar-refractivity contribution >= 4 is 57.6 Å². The van der Waals surface area contributed by atoms with Gasteiger partial charge in [-0.25, -0.2) is 0 Å². The van der Waals surface area contributed by atoms with Gasteiger partial charge < -0.3 is 10.6 Å². The lowest BCUT2D eigenvalue weighted by Gasteiger charge is -2.25. The van der Waals surface area contributed by atoms with E-state index in [0.717, 1.165) is 0 Å². The zero-order valence-corrected chi connectivity index (χ0v) is 10.3. The van der Waals surface area contributed by atoms with Crippen LogP contribution in [-0.4, -0.2) is 0 Å². The molecule has 0 amide bonds. The summed E-state index contributed by atoms with van der Waals surface area (Å²) in [7, 11) is 0. The van der Waals surface area contributed by atoms with Crippen LogP contribution in [0.5, 0.6) is 0 Å². The van der Waals surface area contributed by atoms with Crippen molar-refractivity contribution in [1.29, 1.82) is 0 Å². The number of halogens is 3. The van der Waals surface area contributed by atoms with Gasteiger partial charge in [0.15, 0.2) is 0 Å². The van der Waals surface area contributed by atoms with Crippen LogP contribution in [0.4, 0.5) is 22.7 Å². The molecular formula is C10H3Cl3N2O2. The highest BCUT2D eigenvalue weighted by molar-refractivity contribution is 6.49. The van der Waals surface area contributed by atoms with Crippen LogP contribution in [0, 0.1) is 0 Å². The summed E-state index contributed by atoms with van der Waals surface area (Å²) in [5.74, 6) is 0. The van der Waals surface area contributed by atoms with Crippen molar-refractivity contribution in [1.82, 2.24) is 0 Å². The predicted octanol–water partition coefficient (Wildman–Crippen LogP) is 3.04. The van der Waals surface area contributed by atoms with Crippen LogP contribution < -0.4 is 21.5 Å². The van der Waals surface area contributed by atoms with Gasteiger partial charge in [-0.15, -0.1) is 0 Å². The van der Waals surface area contributed by atoms with E-state index in [2.05, 4.69) is 10.6 Å². The van der Waals surface area contributed by atoms with Gasteiger partial charge in [-0.1, -0.05) is 34.8 Å². The number of rotatable bonds is 0. The van der Waals surface area contributed by atoms with E-state index in [1.165, 1.54) is 6.07 Å². The molecule has 2 aromatic carbocycles. The van der Waals surface area contributed by atoms with Gasteiger partial charge in [0.1, 0.15) is 11.4 Å². The Morgan fingerprint density at radius 1 is 0.824 bits per heavy atom. The largest absolute Gasteiger partial charge is 0.349 e.